The quantitative estimate of drug-likeness (QED) is 0.217. The molecule has 5 aromatic carbocycles. The molecule has 0 fully saturated rings. The minimum Gasteiger partial charge on any atom is -0.456 e. The Balaban J connectivity index is 1.53. The first-order chi connectivity index (χ1) is 16.7. The molecular formula is C31H22N2O. The molecule has 0 unspecified atom stereocenters. The van der Waals surface area contributed by atoms with E-state index in [1.165, 1.54) is 11.1 Å². The molecule has 0 saturated heterocycles. The molecule has 6 rings (SSSR count). The fraction of sp³-hybridized carbons (Fsp3) is 0. The van der Waals surface area contributed by atoms with Gasteiger partial charge in [0.1, 0.15) is 17.0 Å². The van der Waals surface area contributed by atoms with E-state index in [1.54, 1.807) is 0 Å². The number of fused-ring (bicyclic) bond motifs is 3. The first-order valence-electron chi connectivity index (χ1n) is 11.2. The second-order valence-electron chi connectivity index (χ2n) is 8.43. The van der Waals surface area contributed by atoms with Crippen molar-refractivity contribution in [2.45, 2.75) is 0 Å². The van der Waals surface area contributed by atoms with Crippen molar-refractivity contribution in [3.8, 4) is 33.4 Å². The predicted molar refractivity (Wildman–Crippen MR) is 141 cm³/mol. The first kappa shape index (κ1) is 20.0. The molecule has 162 valence electrons. The molecule has 0 spiro atoms. The van der Waals surface area contributed by atoms with Gasteiger partial charge in [-0.2, -0.15) is 0 Å². The van der Waals surface area contributed by atoms with Crippen LogP contribution in [0.4, 0.5) is 0 Å². The highest BCUT2D eigenvalue weighted by Gasteiger charge is 2.14. The summed E-state index contributed by atoms with van der Waals surface area (Å²) in [7, 11) is 0. The second kappa shape index (κ2) is 8.05. The standard InChI is InChI=1S/C31H22N2O/c32-31(33)25-12-5-11-24(18-25)26-13-6-14-29-30(26)27-19-23(15-16-28(27)34-29)22-10-4-9-21(17-22)20-7-2-1-3-8-20/h1-19H,(H3,32,33). The lowest BCUT2D eigenvalue weighted by atomic mass is 9.95. The molecule has 0 bridgehead atoms. The highest BCUT2D eigenvalue weighted by Crippen LogP contribution is 2.39. The van der Waals surface area contributed by atoms with Crippen molar-refractivity contribution in [3.05, 3.63) is 121 Å². The summed E-state index contributed by atoms with van der Waals surface area (Å²) in [5, 5.41) is 9.96. The van der Waals surface area contributed by atoms with Gasteiger partial charge >= 0.3 is 0 Å². The van der Waals surface area contributed by atoms with Gasteiger partial charge in [-0.1, -0.05) is 84.9 Å². The number of hydrogen-bond donors (Lipinski definition) is 2. The molecular weight excluding hydrogens is 416 g/mol. The average Bonchev–Trinajstić information content (AvgIpc) is 3.27. The summed E-state index contributed by atoms with van der Waals surface area (Å²) < 4.78 is 6.21. The largest absolute Gasteiger partial charge is 0.456 e. The average molecular weight is 439 g/mol. The summed E-state index contributed by atoms with van der Waals surface area (Å²) in [4.78, 5) is 0. The normalized spacial score (nSPS) is 11.2. The molecule has 0 saturated carbocycles. The number of amidine groups is 1. The summed E-state index contributed by atoms with van der Waals surface area (Å²) >= 11 is 0. The molecule has 1 aromatic heterocycles. The highest BCUT2D eigenvalue weighted by atomic mass is 16.3. The van der Waals surface area contributed by atoms with Gasteiger partial charge in [-0.05, 0) is 63.7 Å². The van der Waals surface area contributed by atoms with Crippen LogP contribution in [0.1, 0.15) is 5.56 Å². The summed E-state index contributed by atoms with van der Waals surface area (Å²) in [5.41, 5.74) is 14.9. The number of nitrogens with one attached hydrogen (secondary N) is 1. The molecule has 0 aliphatic heterocycles. The molecule has 34 heavy (non-hydrogen) atoms. The van der Waals surface area contributed by atoms with Gasteiger partial charge in [0.2, 0.25) is 0 Å². The Labute approximate surface area is 197 Å². The van der Waals surface area contributed by atoms with Gasteiger partial charge in [-0.25, -0.2) is 0 Å². The third-order valence-electron chi connectivity index (χ3n) is 6.28. The maximum absolute atomic E-state index is 7.82. The summed E-state index contributed by atoms with van der Waals surface area (Å²) in [6, 6.07) is 39.3. The zero-order valence-electron chi connectivity index (χ0n) is 18.5. The number of rotatable bonds is 4. The van der Waals surface area contributed by atoms with Gasteiger partial charge < -0.3 is 10.2 Å². The third kappa shape index (κ3) is 3.44. The minimum atomic E-state index is 0.0617. The van der Waals surface area contributed by atoms with Gasteiger partial charge in [-0.3, -0.25) is 5.41 Å². The Morgan fingerprint density at radius 1 is 0.559 bits per heavy atom. The zero-order chi connectivity index (χ0) is 23.1. The molecule has 0 aliphatic carbocycles. The van der Waals surface area contributed by atoms with E-state index in [2.05, 4.69) is 72.8 Å². The van der Waals surface area contributed by atoms with Crippen molar-refractivity contribution in [1.82, 2.24) is 0 Å². The Kier molecular flexibility index (Phi) is 4.74. The Bertz CT molecular complexity index is 1680. The molecule has 0 amide bonds. The molecule has 0 radical (unpaired) electrons. The van der Waals surface area contributed by atoms with Crippen molar-refractivity contribution >= 4 is 27.8 Å². The van der Waals surface area contributed by atoms with Crippen molar-refractivity contribution < 1.29 is 4.42 Å². The summed E-state index contributed by atoms with van der Waals surface area (Å²) in [6.07, 6.45) is 0. The van der Waals surface area contributed by atoms with Crippen LogP contribution >= 0.6 is 0 Å². The number of hydrogen-bond acceptors (Lipinski definition) is 2. The van der Waals surface area contributed by atoms with Crippen LogP contribution in [0.15, 0.2) is 120 Å². The van der Waals surface area contributed by atoms with Gasteiger partial charge in [-0.15, -0.1) is 0 Å². The lowest BCUT2D eigenvalue weighted by Crippen LogP contribution is -2.10. The van der Waals surface area contributed by atoms with Crippen molar-refractivity contribution in [2.24, 2.45) is 5.73 Å². The second-order valence-corrected chi connectivity index (χ2v) is 8.43. The van der Waals surface area contributed by atoms with E-state index < -0.39 is 0 Å². The van der Waals surface area contributed by atoms with Crippen molar-refractivity contribution in [2.75, 3.05) is 0 Å². The maximum atomic E-state index is 7.82. The highest BCUT2D eigenvalue weighted by molar-refractivity contribution is 6.13. The topological polar surface area (TPSA) is 63.0 Å². The number of furan rings is 1. The summed E-state index contributed by atoms with van der Waals surface area (Å²) in [6.45, 7) is 0. The van der Waals surface area contributed by atoms with Crippen LogP contribution < -0.4 is 5.73 Å². The lowest BCUT2D eigenvalue weighted by molar-refractivity contribution is 0.669. The third-order valence-corrected chi connectivity index (χ3v) is 6.28. The zero-order valence-corrected chi connectivity index (χ0v) is 18.5. The first-order valence-corrected chi connectivity index (χ1v) is 11.2. The van der Waals surface area contributed by atoms with Crippen LogP contribution in [0.25, 0.3) is 55.3 Å². The molecule has 6 aromatic rings. The number of nitrogens with two attached hydrogens (primary N) is 1. The Morgan fingerprint density at radius 3 is 2.06 bits per heavy atom. The van der Waals surface area contributed by atoms with E-state index in [-0.39, 0.29) is 5.84 Å². The van der Waals surface area contributed by atoms with Crippen molar-refractivity contribution in [3.63, 3.8) is 0 Å². The minimum absolute atomic E-state index is 0.0617. The van der Waals surface area contributed by atoms with Crippen LogP contribution in [0.3, 0.4) is 0 Å². The van der Waals surface area contributed by atoms with Gasteiger partial charge in [0, 0.05) is 16.3 Å². The van der Waals surface area contributed by atoms with Crippen LogP contribution in [-0.4, -0.2) is 5.84 Å². The monoisotopic (exact) mass is 438 g/mol. The summed E-state index contributed by atoms with van der Waals surface area (Å²) in [5.74, 6) is 0.0617. The molecule has 3 nitrogen and oxygen atoms in total. The maximum Gasteiger partial charge on any atom is 0.136 e. The smallest absolute Gasteiger partial charge is 0.136 e. The predicted octanol–water partition coefficient (Wildman–Crippen LogP) is 7.87. The fourth-order valence-electron chi connectivity index (χ4n) is 4.61. The van der Waals surface area contributed by atoms with E-state index in [4.69, 9.17) is 15.6 Å². The van der Waals surface area contributed by atoms with E-state index in [0.717, 1.165) is 44.2 Å². The molecule has 0 atom stereocenters. The van der Waals surface area contributed by atoms with Gasteiger partial charge in [0.15, 0.2) is 0 Å². The van der Waals surface area contributed by atoms with Crippen LogP contribution in [0, 0.1) is 5.41 Å². The fourth-order valence-corrected chi connectivity index (χ4v) is 4.61. The number of nitrogen functional groups attached to an aromatic ring is 1. The molecule has 3 heteroatoms. The van der Waals surface area contributed by atoms with Crippen LogP contribution in [0.2, 0.25) is 0 Å². The van der Waals surface area contributed by atoms with E-state index >= 15 is 0 Å². The van der Waals surface area contributed by atoms with E-state index in [0.29, 0.717) is 5.56 Å². The SMILES string of the molecule is N=C(N)c1cccc(-c2cccc3oc4ccc(-c5cccc(-c6ccccc6)c5)cc4c23)c1. The Hall–Kier alpha value is -4.63. The Morgan fingerprint density at radius 2 is 1.24 bits per heavy atom. The van der Waals surface area contributed by atoms with Gasteiger partial charge in [0.05, 0.1) is 0 Å². The van der Waals surface area contributed by atoms with Crippen molar-refractivity contribution in [1.29, 1.82) is 5.41 Å². The van der Waals surface area contributed by atoms with Crippen LogP contribution in [-0.2, 0) is 0 Å². The van der Waals surface area contributed by atoms with E-state index in [9.17, 15) is 0 Å². The molecule has 1 heterocycles. The lowest BCUT2D eigenvalue weighted by Gasteiger charge is -2.08. The van der Waals surface area contributed by atoms with Crippen LogP contribution in [0.5, 0.6) is 0 Å². The van der Waals surface area contributed by atoms with E-state index in [1.807, 2.05) is 42.5 Å². The number of benzene rings is 5. The van der Waals surface area contributed by atoms with Gasteiger partial charge in [0.25, 0.3) is 0 Å². The molecule has 3 N–H and O–H groups in total. The molecule has 0 aliphatic rings.